The molecule has 2 aliphatic heterocycles. The number of anilines is 1. The molecule has 0 aromatic heterocycles. The number of carbonyl (C=O) groups is 1. The lowest BCUT2D eigenvalue weighted by Crippen LogP contribution is -2.48. The van der Waals surface area contributed by atoms with Crippen LogP contribution in [0.3, 0.4) is 0 Å². The molecule has 0 radical (unpaired) electrons. The van der Waals surface area contributed by atoms with Crippen LogP contribution in [-0.4, -0.2) is 69.1 Å². The predicted octanol–water partition coefficient (Wildman–Crippen LogP) is 1.16. The van der Waals surface area contributed by atoms with Crippen molar-refractivity contribution >= 4 is 17.6 Å². The summed E-state index contributed by atoms with van der Waals surface area (Å²) < 4.78 is 0. The van der Waals surface area contributed by atoms with Gasteiger partial charge in [-0.15, -0.1) is 0 Å². The van der Waals surface area contributed by atoms with Crippen LogP contribution in [-0.2, 0) is 11.3 Å². The van der Waals surface area contributed by atoms with E-state index in [1.165, 1.54) is 44.5 Å². The number of nitrogens with zero attached hydrogens (tertiary/aromatic N) is 3. The van der Waals surface area contributed by atoms with Crippen LogP contribution in [0, 0.1) is 0 Å². The van der Waals surface area contributed by atoms with Crippen LogP contribution in [0.25, 0.3) is 0 Å². The Morgan fingerprint density at radius 1 is 1.21 bits per heavy atom. The van der Waals surface area contributed by atoms with Gasteiger partial charge in [0.15, 0.2) is 5.96 Å². The third-order valence-corrected chi connectivity index (χ3v) is 5.49. The van der Waals surface area contributed by atoms with E-state index in [4.69, 9.17) is 0 Å². The molecule has 2 fully saturated rings. The highest BCUT2D eigenvalue weighted by atomic mass is 16.2. The summed E-state index contributed by atoms with van der Waals surface area (Å²) in [6, 6.07) is 8.91. The first kappa shape index (κ1) is 20.5. The quantitative estimate of drug-likeness (QED) is 0.506. The minimum Gasteiger partial charge on any atom is -0.360 e. The summed E-state index contributed by atoms with van der Waals surface area (Å²) >= 11 is 0. The van der Waals surface area contributed by atoms with E-state index in [1.54, 1.807) is 0 Å². The number of amides is 1. The fourth-order valence-electron chi connectivity index (χ4n) is 3.87. The van der Waals surface area contributed by atoms with Crippen molar-refractivity contribution in [1.29, 1.82) is 0 Å². The minimum atomic E-state index is 0.0902. The highest BCUT2D eigenvalue weighted by Crippen LogP contribution is 2.16. The summed E-state index contributed by atoms with van der Waals surface area (Å²) in [6.45, 7) is 8.51. The van der Waals surface area contributed by atoms with Gasteiger partial charge >= 0.3 is 0 Å². The highest BCUT2D eigenvalue weighted by Gasteiger charge is 2.19. The van der Waals surface area contributed by atoms with Crippen molar-refractivity contribution in [2.24, 2.45) is 4.99 Å². The van der Waals surface area contributed by atoms with E-state index in [0.29, 0.717) is 19.1 Å². The van der Waals surface area contributed by atoms with Crippen molar-refractivity contribution in [3.8, 4) is 0 Å². The maximum atomic E-state index is 11.6. The molecule has 0 atom stereocenters. The van der Waals surface area contributed by atoms with Crippen LogP contribution in [0.1, 0.15) is 31.7 Å². The average molecular weight is 387 g/mol. The smallest absolute Gasteiger partial charge is 0.239 e. The van der Waals surface area contributed by atoms with Gasteiger partial charge < -0.3 is 25.8 Å². The van der Waals surface area contributed by atoms with E-state index in [-0.39, 0.29) is 5.91 Å². The molecule has 2 aliphatic rings. The van der Waals surface area contributed by atoms with Crippen LogP contribution in [0.4, 0.5) is 5.69 Å². The van der Waals surface area contributed by atoms with Gasteiger partial charge in [0.05, 0.1) is 6.54 Å². The van der Waals surface area contributed by atoms with Gasteiger partial charge in [-0.1, -0.05) is 19.1 Å². The molecule has 1 aromatic rings. The fourth-order valence-corrected chi connectivity index (χ4v) is 3.87. The normalized spacial score (nSPS) is 19.4. The highest BCUT2D eigenvalue weighted by molar-refractivity contribution is 5.82. The lowest BCUT2D eigenvalue weighted by atomic mass is 10.1. The maximum Gasteiger partial charge on any atom is 0.239 e. The Morgan fingerprint density at radius 2 is 1.96 bits per heavy atom. The number of rotatable bonds is 6. The molecule has 7 nitrogen and oxygen atoms in total. The summed E-state index contributed by atoms with van der Waals surface area (Å²) in [7, 11) is 1.83. The molecule has 2 saturated heterocycles. The first-order valence-corrected chi connectivity index (χ1v) is 10.5. The summed E-state index contributed by atoms with van der Waals surface area (Å²) in [4.78, 5) is 20.6. The molecule has 2 heterocycles. The molecule has 28 heavy (non-hydrogen) atoms. The molecule has 0 bridgehead atoms. The summed E-state index contributed by atoms with van der Waals surface area (Å²) in [5.41, 5.74) is 2.30. The topological polar surface area (TPSA) is 72.0 Å². The van der Waals surface area contributed by atoms with Crippen molar-refractivity contribution in [3.63, 3.8) is 0 Å². The molecule has 1 amide bonds. The van der Waals surface area contributed by atoms with Gasteiger partial charge in [-0.3, -0.25) is 9.79 Å². The first-order valence-electron chi connectivity index (χ1n) is 10.5. The molecular weight excluding hydrogens is 352 g/mol. The largest absolute Gasteiger partial charge is 0.360 e. The van der Waals surface area contributed by atoms with E-state index in [9.17, 15) is 4.79 Å². The maximum absolute atomic E-state index is 11.6. The minimum absolute atomic E-state index is 0.0902. The Balaban J connectivity index is 1.44. The number of benzene rings is 1. The zero-order valence-electron chi connectivity index (χ0n) is 17.2. The number of hydrogen-bond acceptors (Lipinski definition) is 4. The van der Waals surface area contributed by atoms with E-state index >= 15 is 0 Å². The predicted molar refractivity (Wildman–Crippen MR) is 115 cm³/mol. The second-order valence-electron chi connectivity index (χ2n) is 7.62. The lowest BCUT2D eigenvalue weighted by Gasteiger charge is -2.32. The molecule has 154 valence electrons. The Labute approximate surface area is 168 Å². The summed E-state index contributed by atoms with van der Waals surface area (Å²) in [5.74, 6) is 0.957. The van der Waals surface area contributed by atoms with E-state index in [1.807, 2.05) is 7.05 Å². The number of piperazine rings is 1. The lowest BCUT2D eigenvalue weighted by molar-refractivity contribution is -0.120. The Morgan fingerprint density at radius 3 is 2.61 bits per heavy atom. The van der Waals surface area contributed by atoms with Crippen LogP contribution >= 0.6 is 0 Å². The van der Waals surface area contributed by atoms with Crippen molar-refractivity contribution in [3.05, 3.63) is 29.8 Å². The van der Waals surface area contributed by atoms with E-state index < -0.39 is 0 Å². The van der Waals surface area contributed by atoms with Crippen LogP contribution in [0.2, 0.25) is 0 Å². The van der Waals surface area contributed by atoms with Gasteiger partial charge in [-0.2, -0.15) is 0 Å². The molecule has 1 aromatic carbocycles. The third-order valence-electron chi connectivity index (χ3n) is 5.49. The third kappa shape index (κ3) is 5.86. The SMILES string of the molecule is CCCN1CCC(NC(=NC)NCc2ccc(N3CCNC(=O)C3)cc2)CC1. The van der Waals surface area contributed by atoms with Gasteiger partial charge in [0.25, 0.3) is 0 Å². The zero-order valence-corrected chi connectivity index (χ0v) is 17.2. The van der Waals surface area contributed by atoms with Crippen molar-refractivity contribution in [2.45, 2.75) is 38.8 Å². The number of piperidine rings is 1. The van der Waals surface area contributed by atoms with Gasteiger partial charge in [0.1, 0.15) is 0 Å². The Bertz CT molecular complexity index is 651. The molecule has 0 unspecified atom stereocenters. The Hall–Kier alpha value is -2.28. The van der Waals surface area contributed by atoms with Gasteiger partial charge in [0, 0.05) is 51.5 Å². The second-order valence-corrected chi connectivity index (χ2v) is 7.62. The fraction of sp³-hybridized carbons (Fsp3) is 0.619. The van der Waals surface area contributed by atoms with Crippen molar-refractivity contribution < 1.29 is 4.79 Å². The zero-order chi connectivity index (χ0) is 19.8. The number of hydrogen-bond donors (Lipinski definition) is 3. The van der Waals surface area contributed by atoms with E-state index in [2.05, 4.69) is 61.9 Å². The van der Waals surface area contributed by atoms with Crippen molar-refractivity contribution in [1.82, 2.24) is 20.9 Å². The summed E-state index contributed by atoms with van der Waals surface area (Å²) in [5, 5.41) is 9.85. The number of guanidine groups is 1. The first-order chi connectivity index (χ1) is 13.7. The molecule has 3 rings (SSSR count). The average Bonchev–Trinajstić information content (AvgIpc) is 2.73. The van der Waals surface area contributed by atoms with Crippen molar-refractivity contribution in [2.75, 3.05) is 51.2 Å². The van der Waals surface area contributed by atoms with Crippen LogP contribution in [0.5, 0.6) is 0 Å². The van der Waals surface area contributed by atoms with Gasteiger partial charge in [-0.05, 0) is 43.5 Å². The molecule has 0 saturated carbocycles. The molecule has 7 heteroatoms. The molecule has 3 N–H and O–H groups in total. The number of likely N-dealkylation sites (tertiary alicyclic amines) is 1. The van der Waals surface area contributed by atoms with Crippen LogP contribution < -0.4 is 20.9 Å². The standard InChI is InChI=1S/C21H34N6O/c1-3-11-26-12-8-18(9-13-26)25-21(22-2)24-15-17-4-6-19(7-5-17)27-14-10-23-20(28)16-27/h4-7,18H,3,8-16H2,1-2H3,(H,23,28)(H2,22,24,25). The van der Waals surface area contributed by atoms with Gasteiger partial charge in [0.2, 0.25) is 5.91 Å². The van der Waals surface area contributed by atoms with Gasteiger partial charge in [-0.25, -0.2) is 0 Å². The van der Waals surface area contributed by atoms with Crippen LogP contribution in [0.15, 0.2) is 29.3 Å². The molecular formula is C21H34N6O. The Kier molecular flexibility index (Phi) is 7.54. The second kappa shape index (κ2) is 10.3. The monoisotopic (exact) mass is 386 g/mol. The van der Waals surface area contributed by atoms with E-state index in [0.717, 1.165) is 24.7 Å². The number of carbonyl (C=O) groups excluding carboxylic acids is 1. The number of aliphatic imine (C=N–C) groups is 1. The number of nitrogens with one attached hydrogen (secondary N) is 3. The summed E-state index contributed by atoms with van der Waals surface area (Å²) in [6.07, 6.45) is 3.56. The molecule has 0 aliphatic carbocycles. The molecule has 0 spiro atoms.